The second-order valence-electron chi connectivity index (χ2n) is 6.68. The average Bonchev–Trinajstić information content (AvgIpc) is 3.16. The maximum absolute atomic E-state index is 6.48. The highest BCUT2D eigenvalue weighted by Gasteiger charge is 2.24. The van der Waals surface area contributed by atoms with Crippen LogP contribution in [0.5, 0.6) is 0 Å². The molecule has 1 aliphatic rings. The number of likely N-dealkylation sites (tertiary alicyclic amines) is 1. The Morgan fingerprint density at radius 2 is 1.92 bits per heavy atom. The smallest absolute Gasteiger partial charge is 0.0641 e. The van der Waals surface area contributed by atoms with Crippen molar-refractivity contribution in [2.24, 2.45) is 7.05 Å². The number of rotatable bonds is 6. The number of hydrogen-bond donors (Lipinski definition) is 1. The van der Waals surface area contributed by atoms with Gasteiger partial charge in [0.05, 0.1) is 5.69 Å². The summed E-state index contributed by atoms with van der Waals surface area (Å²) in [6.07, 6.45) is 2.56. The van der Waals surface area contributed by atoms with Gasteiger partial charge >= 0.3 is 0 Å². The summed E-state index contributed by atoms with van der Waals surface area (Å²) in [4.78, 5) is 2.55. The van der Waals surface area contributed by atoms with Crippen LogP contribution in [0.1, 0.15) is 41.4 Å². The lowest BCUT2D eigenvalue weighted by molar-refractivity contribution is 0.238. The number of aromatic nitrogens is 2. The third-order valence-electron chi connectivity index (χ3n) is 5.14. The van der Waals surface area contributed by atoms with E-state index in [4.69, 9.17) is 11.6 Å². The predicted octanol–water partition coefficient (Wildman–Crippen LogP) is 3.62. The number of nitrogens with zero attached hydrogens (tertiary/aromatic N) is 3. The molecule has 130 valence electrons. The molecule has 0 amide bonds. The number of aryl methyl sites for hydroxylation is 2. The Morgan fingerprint density at radius 1 is 1.21 bits per heavy atom. The largest absolute Gasteiger partial charge is 0.311 e. The van der Waals surface area contributed by atoms with Gasteiger partial charge in [0.15, 0.2) is 0 Å². The summed E-state index contributed by atoms with van der Waals surface area (Å²) in [7, 11) is 2.00. The molecule has 1 atom stereocenters. The van der Waals surface area contributed by atoms with E-state index in [9.17, 15) is 0 Å². The van der Waals surface area contributed by atoms with Gasteiger partial charge in [-0.2, -0.15) is 5.10 Å². The van der Waals surface area contributed by atoms with Crippen molar-refractivity contribution in [3.05, 3.63) is 51.8 Å². The van der Waals surface area contributed by atoms with Gasteiger partial charge in [-0.1, -0.05) is 29.8 Å². The Hall–Kier alpha value is -1.36. The maximum Gasteiger partial charge on any atom is 0.0641 e. The molecule has 0 spiro atoms. The number of benzene rings is 1. The Morgan fingerprint density at radius 3 is 2.54 bits per heavy atom. The molecule has 1 saturated heterocycles. The predicted molar refractivity (Wildman–Crippen MR) is 99.4 cm³/mol. The minimum absolute atomic E-state index is 0.332. The molecule has 0 aliphatic carbocycles. The van der Waals surface area contributed by atoms with E-state index < -0.39 is 0 Å². The van der Waals surface area contributed by atoms with Crippen molar-refractivity contribution < 1.29 is 0 Å². The standard InChI is InChI=1S/C19H27ClN4/c1-14-17(15(2)23(3)22-14)12-21-13-19(24-10-6-7-11-24)16-8-4-5-9-18(16)20/h4-5,8-9,19,21H,6-7,10-13H2,1-3H3. The van der Waals surface area contributed by atoms with Crippen molar-refractivity contribution in [1.82, 2.24) is 20.0 Å². The molecule has 1 aromatic carbocycles. The fourth-order valence-corrected chi connectivity index (χ4v) is 3.90. The Balaban J connectivity index is 1.72. The highest BCUT2D eigenvalue weighted by molar-refractivity contribution is 6.31. The third kappa shape index (κ3) is 3.66. The average molecular weight is 347 g/mol. The van der Waals surface area contributed by atoms with E-state index >= 15 is 0 Å². The first kappa shape index (κ1) is 17.5. The fourth-order valence-electron chi connectivity index (χ4n) is 3.64. The normalized spacial score (nSPS) is 16.7. The van der Waals surface area contributed by atoms with Crippen LogP contribution in [0.2, 0.25) is 5.02 Å². The van der Waals surface area contributed by atoms with Gasteiger partial charge in [-0.3, -0.25) is 9.58 Å². The molecule has 1 unspecified atom stereocenters. The maximum atomic E-state index is 6.48. The minimum atomic E-state index is 0.332. The van der Waals surface area contributed by atoms with Crippen molar-refractivity contribution in [1.29, 1.82) is 0 Å². The molecule has 0 saturated carbocycles. The quantitative estimate of drug-likeness (QED) is 0.867. The lowest BCUT2D eigenvalue weighted by Crippen LogP contribution is -2.34. The monoisotopic (exact) mass is 346 g/mol. The number of nitrogens with one attached hydrogen (secondary N) is 1. The molecule has 2 heterocycles. The van der Waals surface area contributed by atoms with E-state index in [-0.39, 0.29) is 0 Å². The van der Waals surface area contributed by atoms with Gasteiger partial charge in [0.2, 0.25) is 0 Å². The zero-order valence-corrected chi connectivity index (χ0v) is 15.6. The van der Waals surface area contributed by atoms with Crippen LogP contribution in [0.25, 0.3) is 0 Å². The molecular weight excluding hydrogens is 320 g/mol. The summed E-state index contributed by atoms with van der Waals surface area (Å²) in [5.41, 5.74) is 4.87. The van der Waals surface area contributed by atoms with Gasteiger partial charge in [0, 0.05) is 42.5 Å². The van der Waals surface area contributed by atoms with Gasteiger partial charge < -0.3 is 5.32 Å². The lowest BCUT2D eigenvalue weighted by Gasteiger charge is -2.29. The molecule has 3 rings (SSSR count). The summed E-state index contributed by atoms with van der Waals surface area (Å²) in [5, 5.41) is 9.01. The Kier molecular flexibility index (Phi) is 5.59. The van der Waals surface area contributed by atoms with Gasteiger partial charge in [0.25, 0.3) is 0 Å². The third-order valence-corrected chi connectivity index (χ3v) is 5.49. The van der Waals surface area contributed by atoms with Crippen molar-refractivity contribution in [3.8, 4) is 0 Å². The van der Waals surface area contributed by atoms with Crippen LogP contribution in [0.15, 0.2) is 24.3 Å². The molecule has 2 aromatic rings. The van der Waals surface area contributed by atoms with E-state index in [1.165, 1.54) is 29.7 Å². The zero-order chi connectivity index (χ0) is 17.1. The van der Waals surface area contributed by atoms with Crippen LogP contribution in [-0.2, 0) is 13.6 Å². The van der Waals surface area contributed by atoms with Crippen molar-refractivity contribution in [3.63, 3.8) is 0 Å². The van der Waals surface area contributed by atoms with Crippen molar-refractivity contribution in [2.45, 2.75) is 39.3 Å². The minimum Gasteiger partial charge on any atom is -0.311 e. The van der Waals surface area contributed by atoms with Crippen molar-refractivity contribution >= 4 is 11.6 Å². The van der Waals surface area contributed by atoms with Crippen LogP contribution >= 0.6 is 11.6 Å². The van der Waals surface area contributed by atoms with E-state index in [2.05, 4.69) is 41.3 Å². The number of halogens is 1. The van der Waals surface area contributed by atoms with E-state index in [0.29, 0.717) is 6.04 Å². The lowest BCUT2D eigenvalue weighted by atomic mass is 10.0. The SMILES string of the molecule is Cc1nn(C)c(C)c1CNCC(c1ccccc1Cl)N1CCCC1. The summed E-state index contributed by atoms with van der Waals surface area (Å²) in [6.45, 7) is 8.27. The van der Waals surface area contributed by atoms with Crippen LogP contribution in [-0.4, -0.2) is 34.3 Å². The first-order chi connectivity index (χ1) is 11.6. The van der Waals surface area contributed by atoms with E-state index in [1.807, 2.05) is 23.9 Å². The van der Waals surface area contributed by atoms with E-state index in [0.717, 1.165) is 36.9 Å². The van der Waals surface area contributed by atoms with Gasteiger partial charge in [-0.15, -0.1) is 0 Å². The zero-order valence-electron chi connectivity index (χ0n) is 14.8. The van der Waals surface area contributed by atoms with Gasteiger partial charge in [-0.25, -0.2) is 0 Å². The van der Waals surface area contributed by atoms with Crippen LogP contribution in [0.4, 0.5) is 0 Å². The summed E-state index contributed by atoms with van der Waals surface area (Å²) >= 11 is 6.48. The van der Waals surface area contributed by atoms with Crippen LogP contribution in [0, 0.1) is 13.8 Å². The molecule has 1 aliphatic heterocycles. The molecular formula is C19H27ClN4. The summed E-state index contributed by atoms with van der Waals surface area (Å²) in [5.74, 6) is 0. The molecule has 0 bridgehead atoms. The highest BCUT2D eigenvalue weighted by atomic mass is 35.5. The molecule has 1 fully saturated rings. The summed E-state index contributed by atoms with van der Waals surface area (Å²) in [6, 6.07) is 8.57. The topological polar surface area (TPSA) is 33.1 Å². The molecule has 1 aromatic heterocycles. The van der Waals surface area contributed by atoms with Gasteiger partial charge in [-0.05, 0) is 51.4 Å². The molecule has 1 N–H and O–H groups in total. The molecule has 0 radical (unpaired) electrons. The molecule has 24 heavy (non-hydrogen) atoms. The first-order valence-electron chi connectivity index (χ1n) is 8.76. The highest BCUT2D eigenvalue weighted by Crippen LogP contribution is 2.29. The molecule has 4 nitrogen and oxygen atoms in total. The fraction of sp³-hybridized carbons (Fsp3) is 0.526. The second kappa shape index (κ2) is 7.68. The van der Waals surface area contributed by atoms with Crippen LogP contribution in [0.3, 0.4) is 0 Å². The van der Waals surface area contributed by atoms with Crippen LogP contribution < -0.4 is 5.32 Å². The van der Waals surface area contributed by atoms with E-state index in [1.54, 1.807) is 0 Å². The molecule has 5 heteroatoms. The van der Waals surface area contributed by atoms with Crippen molar-refractivity contribution in [2.75, 3.05) is 19.6 Å². The number of hydrogen-bond acceptors (Lipinski definition) is 3. The Labute approximate surface area is 149 Å². The Bertz CT molecular complexity index is 689. The second-order valence-corrected chi connectivity index (χ2v) is 7.09. The van der Waals surface area contributed by atoms with Gasteiger partial charge in [0.1, 0.15) is 0 Å². The summed E-state index contributed by atoms with van der Waals surface area (Å²) < 4.78 is 1.96. The first-order valence-corrected chi connectivity index (χ1v) is 9.14.